The predicted molar refractivity (Wildman–Crippen MR) is 66.3 cm³/mol. The highest BCUT2D eigenvalue weighted by atomic mass is 15.1. The Labute approximate surface area is 97.9 Å². The van der Waals surface area contributed by atoms with Gasteiger partial charge in [0.05, 0.1) is 0 Å². The zero-order chi connectivity index (χ0) is 11.4. The number of likely N-dealkylation sites (tertiary alicyclic amines) is 1. The summed E-state index contributed by atoms with van der Waals surface area (Å²) in [6, 6.07) is 2.75. The Morgan fingerprint density at radius 3 is 2.88 bits per heavy atom. The Kier molecular flexibility index (Phi) is 3.91. The molecule has 2 heterocycles. The van der Waals surface area contributed by atoms with Crippen LogP contribution in [0.25, 0.3) is 0 Å². The van der Waals surface area contributed by atoms with Gasteiger partial charge in [0.2, 0.25) is 0 Å². The molecule has 0 aliphatic carbocycles. The van der Waals surface area contributed by atoms with Crippen LogP contribution in [0.5, 0.6) is 0 Å². The van der Waals surface area contributed by atoms with E-state index >= 15 is 0 Å². The number of nitrogens with zero attached hydrogens (tertiary/aromatic N) is 2. The fourth-order valence-corrected chi connectivity index (χ4v) is 2.15. The van der Waals surface area contributed by atoms with E-state index in [2.05, 4.69) is 35.2 Å². The van der Waals surface area contributed by atoms with Crippen molar-refractivity contribution in [2.24, 2.45) is 0 Å². The molecule has 0 aromatic carbocycles. The summed E-state index contributed by atoms with van der Waals surface area (Å²) in [4.78, 5) is 6.57. The van der Waals surface area contributed by atoms with Gasteiger partial charge < -0.3 is 10.2 Å². The molecular formula is C13H21N3. The van der Waals surface area contributed by atoms with Crippen molar-refractivity contribution in [2.75, 3.05) is 20.1 Å². The van der Waals surface area contributed by atoms with Crippen molar-refractivity contribution in [2.45, 2.75) is 32.4 Å². The van der Waals surface area contributed by atoms with Crippen LogP contribution in [0.15, 0.2) is 18.5 Å². The molecule has 1 aliphatic heterocycles. The molecule has 0 amide bonds. The molecule has 0 radical (unpaired) electrons. The second kappa shape index (κ2) is 5.41. The third-order valence-electron chi connectivity index (χ3n) is 3.45. The lowest BCUT2D eigenvalue weighted by Crippen LogP contribution is -2.40. The molecular weight excluding hydrogens is 198 g/mol. The van der Waals surface area contributed by atoms with E-state index in [1.807, 2.05) is 12.4 Å². The van der Waals surface area contributed by atoms with E-state index in [0.29, 0.717) is 6.04 Å². The molecule has 0 unspecified atom stereocenters. The van der Waals surface area contributed by atoms with Gasteiger partial charge in [-0.1, -0.05) is 0 Å². The number of pyridine rings is 1. The first-order valence-electron chi connectivity index (χ1n) is 6.07. The normalized spacial score (nSPS) is 18.9. The molecule has 1 fully saturated rings. The standard InChI is InChI=1S/C13H21N3/c1-11-3-6-14-9-12(11)10-15-13-4-7-16(2)8-5-13/h3,6,9,13,15H,4-5,7-8,10H2,1-2H3. The monoisotopic (exact) mass is 219 g/mol. The van der Waals surface area contributed by atoms with Gasteiger partial charge >= 0.3 is 0 Å². The third-order valence-corrected chi connectivity index (χ3v) is 3.45. The molecule has 3 heteroatoms. The zero-order valence-corrected chi connectivity index (χ0v) is 10.2. The van der Waals surface area contributed by atoms with Crippen LogP contribution in [0.2, 0.25) is 0 Å². The number of aromatic nitrogens is 1. The number of aryl methyl sites for hydroxylation is 1. The van der Waals surface area contributed by atoms with Crippen LogP contribution in [-0.4, -0.2) is 36.1 Å². The van der Waals surface area contributed by atoms with Crippen molar-refractivity contribution in [3.63, 3.8) is 0 Å². The van der Waals surface area contributed by atoms with Gasteiger partial charge in [0.25, 0.3) is 0 Å². The molecule has 1 aromatic rings. The number of nitrogens with one attached hydrogen (secondary N) is 1. The van der Waals surface area contributed by atoms with Gasteiger partial charge in [-0.15, -0.1) is 0 Å². The fraction of sp³-hybridized carbons (Fsp3) is 0.615. The van der Waals surface area contributed by atoms with Gasteiger partial charge in [0.1, 0.15) is 0 Å². The quantitative estimate of drug-likeness (QED) is 0.836. The molecule has 0 saturated carbocycles. The fourth-order valence-electron chi connectivity index (χ4n) is 2.15. The Hall–Kier alpha value is -0.930. The first-order valence-corrected chi connectivity index (χ1v) is 6.07. The third kappa shape index (κ3) is 3.03. The van der Waals surface area contributed by atoms with Crippen molar-refractivity contribution >= 4 is 0 Å². The molecule has 2 rings (SSSR count). The Morgan fingerprint density at radius 1 is 1.44 bits per heavy atom. The molecule has 0 atom stereocenters. The zero-order valence-electron chi connectivity index (χ0n) is 10.2. The number of piperidine rings is 1. The molecule has 1 saturated heterocycles. The van der Waals surface area contributed by atoms with Gasteiger partial charge in [0, 0.05) is 25.0 Å². The molecule has 88 valence electrons. The summed E-state index contributed by atoms with van der Waals surface area (Å²) >= 11 is 0. The minimum Gasteiger partial charge on any atom is -0.310 e. The molecule has 0 bridgehead atoms. The molecule has 3 nitrogen and oxygen atoms in total. The molecule has 0 spiro atoms. The second-order valence-corrected chi connectivity index (χ2v) is 4.76. The van der Waals surface area contributed by atoms with E-state index in [9.17, 15) is 0 Å². The van der Waals surface area contributed by atoms with Gasteiger partial charge in [-0.05, 0) is 57.1 Å². The van der Waals surface area contributed by atoms with Crippen LogP contribution >= 0.6 is 0 Å². The van der Waals surface area contributed by atoms with Crippen molar-refractivity contribution in [3.8, 4) is 0 Å². The highest BCUT2D eigenvalue weighted by Gasteiger charge is 2.15. The number of rotatable bonds is 3. The molecule has 1 N–H and O–H groups in total. The van der Waals surface area contributed by atoms with Gasteiger partial charge in [0.15, 0.2) is 0 Å². The SMILES string of the molecule is Cc1ccncc1CNC1CCN(C)CC1. The van der Waals surface area contributed by atoms with Crippen molar-refractivity contribution in [3.05, 3.63) is 29.6 Å². The van der Waals surface area contributed by atoms with E-state index in [1.165, 1.54) is 37.1 Å². The lowest BCUT2D eigenvalue weighted by Gasteiger charge is -2.29. The Bertz CT molecular complexity index is 330. The summed E-state index contributed by atoms with van der Waals surface area (Å²) in [6.07, 6.45) is 6.34. The van der Waals surface area contributed by atoms with Crippen molar-refractivity contribution in [1.29, 1.82) is 0 Å². The summed E-state index contributed by atoms with van der Waals surface area (Å²) in [5.74, 6) is 0. The first-order chi connectivity index (χ1) is 7.75. The average Bonchev–Trinajstić information content (AvgIpc) is 2.30. The lowest BCUT2D eigenvalue weighted by molar-refractivity contribution is 0.234. The molecule has 16 heavy (non-hydrogen) atoms. The maximum atomic E-state index is 4.17. The summed E-state index contributed by atoms with van der Waals surface area (Å²) < 4.78 is 0. The summed E-state index contributed by atoms with van der Waals surface area (Å²) in [7, 11) is 2.20. The summed E-state index contributed by atoms with van der Waals surface area (Å²) in [6.45, 7) is 5.52. The number of hydrogen-bond donors (Lipinski definition) is 1. The van der Waals surface area contributed by atoms with Crippen molar-refractivity contribution < 1.29 is 0 Å². The van der Waals surface area contributed by atoms with Crippen LogP contribution in [0.3, 0.4) is 0 Å². The Balaban J connectivity index is 1.81. The van der Waals surface area contributed by atoms with Gasteiger partial charge in [-0.25, -0.2) is 0 Å². The Morgan fingerprint density at radius 2 is 2.19 bits per heavy atom. The summed E-state index contributed by atoms with van der Waals surface area (Å²) in [5, 5.41) is 3.63. The number of hydrogen-bond acceptors (Lipinski definition) is 3. The minimum absolute atomic E-state index is 0.677. The van der Waals surface area contributed by atoms with Gasteiger partial charge in [-0.2, -0.15) is 0 Å². The van der Waals surface area contributed by atoms with Crippen LogP contribution in [-0.2, 0) is 6.54 Å². The molecule has 1 aliphatic rings. The van der Waals surface area contributed by atoms with Gasteiger partial charge in [-0.3, -0.25) is 4.98 Å². The van der Waals surface area contributed by atoms with Crippen LogP contribution in [0.4, 0.5) is 0 Å². The highest BCUT2D eigenvalue weighted by Crippen LogP contribution is 2.10. The van der Waals surface area contributed by atoms with E-state index < -0.39 is 0 Å². The maximum Gasteiger partial charge on any atom is 0.0315 e. The average molecular weight is 219 g/mol. The highest BCUT2D eigenvalue weighted by molar-refractivity contribution is 5.21. The van der Waals surface area contributed by atoms with Crippen LogP contribution < -0.4 is 5.32 Å². The maximum absolute atomic E-state index is 4.17. The lowest BCUT2D eigenvalue weighted by atomic mass is 10.0. The van der Waals surface area contributed by atoms with Crippen LogP contribution in [0, 0.1) is 6.92 Å². The second-order valence-electron chi connectivity index (χ2n) is 4.76. The predicted octanol–water partition coefficient (Wildman–Crippen LogP) is 1.57. The van der Waals surface area contributed by atoms with E-state index in [0.717, 1.165) is 6.54 Å². The van der Waals surface area contributed by atoms with E-state index in [4.69, 9.17) is 0 Å². The first kappa shape index (κ1) is 11.6. The van der Waals surface area contributed by atoms with Crippen molar-refractivity contribution in [1.82, 2.24) is 15.2 Å². The molecule has 1 aromatic heterocycles. The van der Waals surface area contributed by atoms with E-state index in [-0.39, 0.29) is 0 Å². The van der Waals surface area contributed by atoms with Crippen LogP contribution in [0.1, 0.15) is 24.0 Å². The largest absolute Gasteiger partial charge is 0.310 e. The smallest absolute Gasteiger partial charge is 0.0315 e. The van der Waals surface area contributed by atoms with E-state index in [1.54, 1.807) is 0 Å². The topological polar surface area (TPSA) is 28.2 Å². The minimum atomic E-state index is 0.677. The summed E-state index contributed by atoms with van der Waals surface area (Å²) in [5.41, 5.74) is 2.65.